The summed E-state index contributed by atoms with van der Waals surface area (Å²) in [5, 5.41) is 12.3. The summed E-state index contributed by atoms with van der Waals surface area (Å²) in [6.45, 7) is 4.18. The molecule has 13 heavy (non-hydrogen) atoms. The van der Waals surface area contributed by atoms with E-state index in [4.69, 9.17) is 11.6 Å². The molecule has 1 aromatic heterocycles. The van der Waals surface area contributed by atoms with Gasteiger partial charge in [-0.3, -0.25) is 0 Å². The van der Waals surface area contributed by atoms with Gasteiger partial charge in [-0.2, -0.15) is 0 Å². The molecule has 1 N–H and O–H groups in total. The molecule has 72 valence electrons. The first-order valence-electron chi connectivity index (χ1n) is 4.43. The fourth-order valence-electron chi connectivity index (χ4n) is 1.95. The molecule has 0 saturated heterocycles. The minimum absolute atomic E-state index is 0.0300. The van der Waals surface area contributed by atoms with E-state index in [1.54, 1.807) is 0 Å². The second-order valence-corrected chi connectivity index (χ2v) is 5.87. The summed E-state index contributed by atoms with van der Waals surface area (Å²) in [6, 6.07) is 1.94. The number of rotatable bonds is 1. The number of hydrogen-bond donors (Lipinski definition) is 1. The highest BCUT2D eigenvalue weighted by atomic mass is 35.5. The lowest BCUT2D eigenvalue weighted by molar-refractivity contribution is -0.155. The Kier molecular flexibility index (Phi) is 1.99. The summed E-state index contributed by atoms with van der Waals surface area (Å²) in [5.74, 6) is 0. The summed E-state index contributed by atoms with van der Waals surface area (Å²) in [5.41, 5.74) is 0.192. The molecule has 0 radical (unpaired) electrons. The van der Waals surface area contributed by atoms with E-state index in [0.29, 0.717) is 0 Å². The first kappa shape index (κ1) is 9.50. The van der Waals surface area contributed by atoms with Crippen molar-refractivity contribution < 1.29 is 5.11 Å². The van der Waals surface area contributed by atoms with Crippen LogP contribution in [0.2, 0.25) is 4.34 Å². The molecule has 1 heterocycles. The van der Waals surface area contributed by atoms with Gasteiger partial charge in [0.25, 0.3) is 0 Å². The Morgan fingerprint density at radius 2 is 2.15 bits per heavy atom. The first-order valence-corrected chi connectivity index (χ1v) is 5.69. The van der Waals surface area contributed by atoms with Crippen molar-refractivity contribution in [2.45, 2.75) is 32.3 Å². The van der Waals surface area contributed by atoms with Crippen molar-refractivity contribution in [1.82, 2.24) is 0 Å². The van der Waals surface area contributed by atoms with Crippen LogP contribution in [-0.4, -0.2) is 5.11 Å². The maximum absolute atomic E-state index is 10.4. The molecule has 0 aliphatic heterocycles. The lowest BCUT2D eigenvalue weighted by Crippen LogP contribution is -2.50. The molecule has 0 amide bonds. The molecule has 0 spiro atoms. The predicted molar refractivity (Wildman–Crippen MR) is 56.2 cm³/mol. The molecule has 0 aromatic carbocycles. The molecule has 1 saturated carbocycles. The molecule has 1 aliphatic rings. The van der Waals surface area contributed by atoms with Crippen molar-refractivity contribution in [2.24, 2.45) is 5.41 Å². The zero-order valence-corrected chi connectivity index (χ0v) is 9.37. The lowest BCUT2D eigenvalue weighted by Gasteiger charge is -2.52. The standard InChI is InChI=1S/C10H13ClOS/c1-9(2)4-5-10(9,12)7-3-6-13-8(7)11/h3,6,12H,4-5H2,1-2H3. The molecular formula is C10H13ClOS. The van der Waals surface area contributed by atoms with Crippen molar-refractivity contribution >= 4 is 22.9 Å². The molecule has 1 unspecified atom stereocenters. The highest BCUT2D eigenvalue weighted by molar-refractivity contribution is 7.14. The Morgan fingerprint density at radius 3 is 2.46 bits per heavy atom. The van der Waals surface area contributed by atoms with Crippen LogP contribution in [0.3, 0.4) is 0 Å². The van der Waals surface area contributed by atoms with Crippen molar-refractivity contribution in [1.29, 1.82) is 0 Å². The van der Waals surface area contributed by atoms with Gasteiger partial charge in [-0.15, -0.1) is 11.3 Å². The van der Waals surface area contributed by atoms with Gasteiger partial charge in [0, 0.05) is 5.56 Å². The second kappa shape index (κ2) is 2.72. The smallest absolute Gasteiger partial charge is 0.0989 e. The van der Waals surface area contributed by atoms with Gasteiger partial charge in [0.1, 0.15) is 0 Å². The van der Waals surface area contributed by atoms with Crippen LogP contribution in [0.15, 0.2) is 11.4 Å². The van der Waals surface area contributed by atoms with Crippen LogP contribution in [0.5, 0.6) is 0 Å². The average molecular weight is 217 g/mol. The normalized spacial score (nSPS) is 31.4. The van der Waals surface area contributed by atoms with Crippen LogP contribution in [-0.2, 0) is 5.60 Å². The molecule has 1 nitrogen and oxygen atoms in total. The number of halogens is 1. The van der Waals surface area contributed by atoms with Gasteiger partial charge < -0.3 is 5.11 Å². The van der Waals surface area contributed by atoms with Gasteiger partial charge in [0.2, 0.25) is 0 Å². The molecular weight excluding hydrogens is 204 g/mol. The summed E-state index contributed by atoms with van der Waals surface area (Å²) in [7, 11) is 0. The van der Waals surface area contributed by atoms with Gasteiger partial charge in [-0.1, -0.05) is 25.4 Å². The van der Waals surface area contributed by atoms with E-state index in [2.05, 4.69) is 13.8 Å². The molecule has 0 bridgehead atoms. The molecule has 2 rings (SSSR count). The SMILES string of the molecule is CC1(C)CCC1(O)c1ccsc1Cl. The van der Waals surface area contributed by atoms with E-state index in [0.717, 1.165) is 22.7 Å². The van der Waals surface area contributed by atoms with Crippen molar-refractivity contribution in [3.8, 4) is 0 Å². The van der Waals surface area contributed by atoms with E-state index in [1.165, 1.54) is 11.3 Å². The van der Waals surface area contributed by atoms with E-state index >= 15 is 0 Å². The van der Waals surface area contributed by atoms with E-state index in [-0.39, 0.29) is 5.41 Å². The minimum atomic E-state index is -0.690. The largest absolute Gasteiger partial charge is 0.385 e. The monoisotopic (exact) mass is 216 g/mol. The molecule has 1 aromatic rings. The Hall–Kier alpha value is -0.0500. The molecule has 1 fully saturated rings. The highest BCUT2D eigenvalue weighted by Crippen LogP contribution is 2.57. The van der Waals surface area contributed by atoms with Gasteiger partial charge >= 0.3 is 0 Å². The third-order valence-electron chi connectivity index (χ3n) is 3.29. The van der Waals surface area contributed by atoms with Crippen molar-refractivity contribution in [2.75, 3.05) is 0 Å². The van der Waals surface area contributed by atoms with E-state index < -0.39 is 5.60 Å². The summed E-state index contributed by atoms with van der Waals surface area (Å²) < 4.78 is 0.732. The second-order valence-electron chi connectivity index (χ2n) is 4.35. The zero-order chi connectivity index (χ0) is 9.69. The first-order chi connectivity index (χ1) is 5.97. The van der Waals surface area contributed by atoms with Crippen LogP contribution in [0.25, 0.3) is 0 Å². The van der Waals surface area contributed by atoms with Crippen LogP contribution in [0.4, 0.5) is 0 Å². The van der Waals surface area contributed by atoms with Crippen molar-refractivity contribution in [3.63, 3.8) is 0 Å². The third-order valence-corrected chi connectivity index (χ3v) is 4.46. The Labute approximate surface area is 87.4 Å². The number of hydrogen-bond acceptors (Lipinski definition) is 2. The average Bonchev–Trinajstić information content (AvgIpc) is 2.48. The Balaban J connectivity index is 2.42. The quantitative estimate of drug-likeness (QED) is 0.763. The highest BCUT2D eigenvalue weighted by Gasteiger charge is 2.53. The summed E-state index contributed by atoms with van der Waals surface area (Å²) >= 11 is 7.51. The summed E-state index contributed by atoms with van der Waals surface area (Å²) in [6.07, 6.45) is 1.89. The van der Waals surface area contributed by atoms with Crippen LogP contribution >= 0.6 is 22.9 Å². The van der Waals surface area contributed by atoms with E-state index in [9.17, 15) is 5.11 Å². The number of thiophene rings is 1. The fraction of sp³-hybridized carbons (Fsp3) is 0.600. The number of aliphatic hydroxyl groups is 1. The topological polar surface area (TPSA) is 20.2 Å². The Morgan fingerprint density at radius 1 is 1.46 bits per heavy atom. The van der Waals surface area contributed by atoms with Gasteiger partial charge in [-0.25, -0.2) is 0 Å². The van der Waals surface area contributed by atoms with Crippen LogP contribution < -0.4 is 0 Å². The maximum Gasteiger partial charge on any atom is 0.0989 e. The lowest BCUT2D eigenvalue weighted by atomic mass is 9.57. The summed E-state index contributed by atoms with van der Waals surface area (Å²) in [4.78, 5) is 0. The van der Waals surface area contributed by atoms with Gasteiger partial charge in [-0.05, 0) is 29.7 Å². The zero-order valence-electron chi connectivity index (χ0n) is 7.80. The molecule has 3 heteroatoms. The fourth-order valence-corrected chi connectivity index (χ4v) is 3.01. The van der Waals surface area contributed by atoms with Gasteiger partial charge in [0.15, 0.2) is 0 Å². The Bertz CT molecular complexity index is 331. The molecule has 1 aliphatic carbocycles. The predicted octanol–water partition coefficient (Wildman–Crippen LogP) is 3.41. The minimum Gasteiger partial charge on any atom is -0.385 e. The van der Waals surface area contributed by atoms with Crippen molar-refractivity contribution in [3.05, 3.63) is 21.3 Å². The van der Waals surface area contributed by atoms with E-state index in [1.807, 2.05) is 11.4 Å². The van der Waals surface area contributed by atoms with Crippen LogP contribution in [0, 0.1) is 5.41 Å². The van der Waals surface area contributed by atoms with Gasteiger partial charge in [0.05, 0.1) is 9.94 Å². The maximum atomic E-state index is 10.4. The molecule has 1 atom stereocenters. The third kappa shape index (κ3) is 1.16. The van der Waals surface area contributed by atoms with Crippen LogP contribution in [0.1, 0.15) is 32.3 Å².